The molecule has 0 radical (unpaired) electrons. The highest BCUT2D eigenvalue weighted by Gasteiger charge is 2.47. The zero-order valence-corrected chi connectivity index (χ0v) is 13.6. The Bertz CT molecular complexity index is 600. The highest BCUT2D eigenvalue weighted by molar-refractivity contribution is 5.77. The molecule has 1 N–H and O–H groups in total. The maximum Gasteiger partial charge on any atom is 0.408 e. The van der Waals surface area contributed by atoms with Crippen LogP contribution in [0.2, 0.25) is 0 Å². The van der Waals surface area contributed by atoms with Crippen molar-refractivity contribution in [3.8, 4) is 0 Å². The van der Waals surface area contributed by atoms with Gasteiger partial charge >= 0.3 is 6.18 Å². The van der Waals surface area contributed by atoms with Crippen LogP contribution in [0.15, 0.2) is 12.4 Å². The number of amides is 2. The molecular weight excluding hydrogens is 325 g/mol. The molecule has 0 bridgehead atoms. The smallest absolute Gasteiger partial charge is 0.352 e. The third-order valence-electron chi connectivity index (χ3n) is 4.07. The van der Waals surface area contributed by atoms with E-state index in [-0.39, 0.29) is 31.7 Å². The summed E-state index contributed by atoms with van der Waals surface area (Å²) in [5.41, 5.74) is 0.796. The van der Waals surface area contributed by atoms with Gasteiger partial charge in [0, 0.05) is 39.2 Å². The van der Waals surface area contributed by atoms with Crippen molar-refractivity contribution in [2.24, 2.45) is 7.05 Å². The molecule has 0 spiro atoms. The zero-order chi connectivity index (χ0) is 17.9. The number of rotatable bonds is 4. The summed E-state index contributed by atoms with van der Waals surface area (Å²) in [5.74, 6) is -0.871. The molecular formula is C15H21F3N4O2. The lowest BCUT2D eigenvalue weighted by atomic mass is 9.96. The van der Waals surface area contributed by atoms with Crippen LogP contribution in [0.25, 0.3) is 0 Å². The Morgan fingerprint density at radius 1 is 1.38 bits per heavy atom. The third kappa shape index (κ3) is 4.72. The summed E-state index contributed by atoms with van der Waals surface area (Å²) in [6, 6.07) is -2.23. The maximum atomic E-state index is 13.2. The van der Waals surface area contributed by atoms with Crippen molar-refractivity contribution in [1.82, 2.24) is 20.0 Å². The van der Waals surface area contributed by atoms with Crippen LogP contribution in [0.3, 0.4) is 0 Å². The molecule has 1 aromatic heterocycles. The molecule has 24 heavy (non-hydrogen) atoms. The molecule has 2 amide bonds. The topological polar surface area (TPSA) is 67.2 Å². The number of piperidine rings is 1. The van der Waals surface area contributed by atoms with Gasteiger partial charge in [0.15, 0.2) is 0 Å². The number of hydrogen-bond donors (Lipinski definition) is 1. The molecule has 2 rings (SSSR count). The van der Waals surface area contributed by atoms with Crippen molar-refractivity contribution >= 4 is 11.8 Å². The van der Waals surface area contributed by atoms with E-state index in [0.717, 1.165) is 10.5 Å². The molecule has 6 nitrogen and oxygen atoms in total. The molecule has 2 unspecified atom stereocenters. The van der Waals surface area contributed by atoms with Gasteiger partial charge in [-0.05, 0) is 24.8 Å². The summed E-state index contributed by atoms with van der Waals surface area (Å²) in [5, 5.41) is 6.57. The minimum absolute atomic E-state index is 0.0228. The van der Waals surface area contributed by atoms with Crippen molar-refractivity contribution in [2.45, 2.75) is 50.9 Å². The number of nitrogens with one attached hydrogen (secondary N) is 1. The Balaban J connectivity index is 2.04. The molecule has 1 aliphatic heterocycles. The van der Waals surface area contributed by atoms with Gasteiger partial charge in [-0.3, -0.25) is 14.3 Å². The molecule has 0 saturated carbocycles. The van der Waals surface area contributed by atoms with E-state index in [9.17, 15) is 22.8 Å². The van der Waals surface area contributed by atoms with E-state index in [2.05, 4.69) is 10.4 Å². The Morgan fingerprint density at radius 3 is 2.62 bits per heavy atom. The van der Waals surface area contributed by atoms with Crippen LogP contribution in [0.4, 0.5) is 13.2 Å². The van der Waals surface area contributed by atoms with Gasteiger partial charge in [0.2, 0.25) is 11.8 Å². The SMILES string of the molecule is CC(=O)NC1CCC(C(F)(F)F)N(C(=O)CCc2cnn(C)c2)C1. The van der Waals surface area contributed by atoms with Crippen molar-refractivity contribution in [3.05, 3.63) is 18.0 Å². The van der Waals surface area contributed by atoms with Gasteiger partial charge < -0.3 is 10.2 Å². The number of aromatic nitrogens is 2. The van der Waals surface area contributed by atoms with Crippen LogP contribution in [0.5, 0.6) is 0 Å². The van der Waals surface area contributed by atoms with Crippen LogP contribution >= 0.6 is 0 Å². The largest absolute Gasteiger partial charge is 0.408 e. The van der Waals surface area contributed by atoms with Crippen LogP contribution in [-0.4, -0.2) is 51.3 Å². The first-order chi connectivity index (χ1) is 11.2. The summed E-state index contributed by atoms with van der Waals surface area (Å²) in [4.78, 5) is 24.3. The first-order valence-electron chi connectivity index (χ1n) is 7.77. The van der Waals surface area contributed by atoms with Crippen molar-refractivity contribution in [2.75, 3.05) is 6.54 Å². The average molecular weight is 346 g/mol. The molecule has 1 fully saturated rings. The van der Waals surface area contributed by atoms with Crippen LogP contribution in [-0.2, 0) is 23.1 Å². The molecule has 1 aromatic rings. The third-order valence-corrected chi connectivity index (χ3v) is 4.07. The van der Waals surface area contributed by atoms with E-state index in [1.54, 1.807) is 24.1 Å². The van der Waals surface area contributed by atoms with Gasteiger partial charge in [0.05, 0.1) is 6.20 Å². The lowest BCUT2D eigenvalue weighted by Crippen LogP contribution is -2.58. The number of nitrogens with zero attached hydrogens (tertiary/aromatic N) is 3. The van der Waals surface area contributed by atoms with Gasteiger partial charge in [0.25, 0.3) is 0 Å². The number of carbonyl (C=O) groups is 2. The van der Waals surface area contributed by atoms with Gasteiger partial charge in [0.1, 0.15) is 6.04 Å². The Hall–Kier alpha value is -2.06. The summed E-state index contributed by atoms with van der Waals surface area (Å²) in [7, 11) is 1.73. The Morgan fingerprint density at radius 2 is 2.08 bits per heavy atom. The minimum atomic E-state index is -4.47. The number of aryl methyl sites for hydroxylation is 2. The number of carbonyl (C=O) groups excluding carboxylic acids is 2. The second kappa shape index (κ2) is 7.23. The fraction of sp³-hybridized carbons (Fsp3) is 0.667. The van der Waals surface area contributed by atoms with Crippen LogP contribution in [0, 0.1) is 0 Å². The molecule has 0 aromatic carbocycles. The maximum absolute atomic E-state index is 13.2. The van der Waals surface area contributed by atoms with Crippen LogP contribution < -0.4 is 5.32 Å². The predicted molar refractivity (Wildman–Crippen MR) is 79.9 cm³/mol. The Kier molecular flexibility index (Phi) is 5.51. The second-order valence-corrected chi connectivity index (χ2v) is 6.10. The summed E-state index contributed by atoms with van der Waals surface area (Å²) in [6.45, 7) is 1.19. The lowest BCUT2D eigenvalue weighted by molar-refractivity contribution is -0.197. The van der Waals surface area contributed by atoms with E-state index >= 15 is 0 Å². The minimum Gasteiger partial charge on any atom is -0.352 e. The summed E-state index contributed by atoms with van der Waals surface area (Å²) < 4.78 is 41.2. The quantitative estimate of drug-likeness (QED) is 0.896. The van der Waals surface area contributed by atoms with Gasteiger partial charge in [-0.1, -0.05) is 0 Å². The summed E-state index contributed by atoms with van der Waals surface area (Å²) in [6.07, 6.45) is -0.840. The average Bonchev–Trinajstić information content (AvgIpc) is 2.88. The number of hydrogen-bond acceptors (Lipinski definition) is 3. The molecule has 2 atom stereocenters. The van der Waals surface area contributed by atoms with E-state index < -0.39 is 24.2 Å². The molecule has 1 saturated heterocycles. The fourth-order valence-electron chi connectivity index (χ4n) is 2.99. The van der Waals surface area contributed by atoms with E-state index in [0.29, 0.717) is 6.42 Å². The van der Waals surface area contributed by atoms with E-state index in [4.69, 9.17) is 0 Å². The predicted octanol–water partition coefficient (Wildman–Crippen LogP) is 1.41. The highest BCUT2D eigenvalue weighted by atomic mass is 19.4. The van der Waals surface area contributed by atoms with Crippen molar-refractivity contribution < 1.29 is 22.8 Å². The van der Waals surface area contributed by atoms with E-state index in [1.807, 2.05) is 0 Å². The number of halogens is 3. The Labute approximate surface area is 138 Å². The molecule has 9 heteroatoms. The number of alkyl halides is 3. The highest BCUT2D eigenvalue weighted by Crippen LogP contribution is 2.32. The van der Waals surface area contributed by atoms with Crippen molar-refractivity contribution in [3.63, 3.8) is 0 Å². The molecule has 0 aliphatic carbocycles. The van der Waals surface area contributed by atoms with Gasteiger partial charge in [-0.2, -0.15) is 18.3 Å². The lowest BCUT2D eigenvalue weighted by Gasteiger charge is -2.40. The van der Waals surface area contributed by atoms with Crippen LogP contribution in [0.1, 0.15) is 31.7 Å². The monoisotopic (exact) mass is 346 g/mol. The molecule has 1 aliphatic rings. The zero-order valence-electron chi connectivity index (χ0n) is 13.6. The number of likely N-dealkylation sites (tertiary alicyclic amines) is 1. The summed E-state index contributed by atoms with van der Waals surface area (Å²) >= 11 is 0. The van der Waals surface area contributed by atoms with Crippen molar-refractivity contribution in [1.29, 1.82) is 0 Å². The first kappa shape index (κ1) is 18.3. The second-order valence-electron chi connectivity index (χ2n) is 6.10. The normalized spacial score (nSPS) is 21.6. The van der Waals surface area contributed by atoms with Gasteiger partial charge in [-0.25, -0.2) is 0 Å². The standard InChI is InChI=1S/C15H21F3N4O2/c1-10(23)20-12-4-5-13(15(16,17)18)22(9-12)14(24)6-3-11-7-19-21(2)8-11/h7-8,12-13H,3-6,9H2,1-2H3,(H,20,23). The van der Waals surface area contributed by atoms with Gasteiger partial charge in [-0.15, -0.1) is 0 Å². The molecule has 2 heterocycles. The first-order valence-corrected chi connectivity index (χ1v) is 7.77. The van der Waals surface area contributed by atoms with E-state index in [1.165, 1.54) is 6.92 Å². The molecule has 134 valence electrons. The fourth-order valence-corrected chi connectivity index (χ4v) is 2.99.